The van der Waals surface area contributed by atoms with Crippen LogP contribution in [-0.2, 0) is 4.74 Å². The van der Waals surface area contributed by atoms with Crippen molar-refractivity contribution in [3.05, 3.63) is 47.7 Å². The topological polar surface area (TPSA) is 93.4 Å². The number of rotatable bonds is 4. The molecule has 1 aliphatic heterocycles. The second-order valence-electron chi connectivity index (χ2n) is 7.83. The van der Waals surface area contributed by atoms with E-state index in [1.54, 1.807) is 0 Å². The zero-order valence-corrected chi connectivity index (χ0v) is 16.6. The molecule has 1 unspecified atom stereocenters. The minimum absolute atomic E-state index is 0.00866. The predicted octanol–water partition coefficient (Wildman–Crippen LogP) is 3.33. The fraction of sp³-hybridized carbons (Fsp3) is 0.381. The lowest BCUT2D eigenvalue weighted by Crippen LogP contribution is -2.40. The largest absolute Gasteiger partial charge is 0.444 e. The molecule has 0 aliphatic carbocycles. The lowest BCUT2D eigenvalue weighted by molar-refractivity contribution is 0.0509. The summed E-state index contributed by atoms with van der Waals surface area (Å²) >= 11 is 0. The minimum atomic E-state index is -0.510. The number of benzene rings is 1. The number of ether oxygens (including phenoxy) is 1. The zero-order valence-electron chi connectivity index (χ0n) is 16.6. The van der Waals surface area contributed by atoms with E-state index < -0.39 is 11.7 Å². The molecule has 2 heterocycles. The quantitative estimate of drug-likeness (QED) is 0.844. The van der Waals surface area contributed by atoms with Crippen LogP contribution in [0.2, 0.25) is 0 Å². The average Bonchev–Trinajstić information content (AvgIpc) is 3.07. The van der Waals surface area contributed by atoms with Crippen molar-refractivity contribution >= 4 is 30.0 Å². The third-order valence-electron chi connectivity index (χ3n) is 4.23. The molecule has 1 atom stereocenters. The van der Waals surface area contributed by atoms with Gasteiger partial charge in [-0.05, 0) is 38.8 Å². The van der Waals surface area contributed by atoms with Crippen LogP contribution in [0.15, 0.2) is 36.4 Å². The fourth-order valence-corrected chi connectivity index (χ4v) is 3.02. The molecule has 3 N–H and O–H groups in total. The van der Waals surface area contributed by atoms with Gasteiger partial charge in [-0.3, -0.25) is 0 Å². The molecule has 148 valence electrons. The summed E-state index contributed by atoms with van der Waals surface area (Å²) in [6.45, 7) is 6.97. The highest BCUT2D eigenvalue weighted by atomic mass is 16.6. The van der Waals surface area contributed by atoms with Crippen molar-refractivity contribution in [1.82, 2.24) is 15.3 Å². The Morgan fingerprint density at radius 3 is 2.71 bits per heavy atom. The number of nitrogens with one attached hydrogen (secondary N) is 1. The summed E-state index contributed by atoms with van der Waals surface area (Å²) in [4.78, 5) is 22.7. The van der Waals surface area contributed by atoms with Crippen molar-refractivity contribution in [2.45, 2.75) is 38.8 Å². The van der Waals surface area contributed by atoms with Gasteiger partial charge in [0.05, 0.1) is 11.7 Å². The number of nitrogens with zero attached hydrogens (tertiary/aromatic N) is 3. The number of hydrogen-bond acceptors (Lipinski definition) is 6. The van der Waals surface area contributed by atoms with E-state index in [2.05, 4.69) is 20.2 Å². The molecule has 1 saturated heterocycles. The van der Waals surface area contributed by atoms with Crippen LogP contribution in [0.25, 0.3) is 12.2 Å². The molecule has 1 aromatic carbocycles. The molecule has 7 heteroatoms. The number of carbonyl (C=O) groups is 1. The number of anilines is 2. The Bertz CT molecular complexity index is 846. The Morgan fingerprint density at radius 1 is 1.25 bits per heavy atom. The van der Waals surface area contributed by atoms with Crippen molar-refractivity contribution < 1.29 is 9.53 Å². The first-order valence-corrected chi connectivity index (χ1v) is 9.41. The highest BCUT2D eigenvalue weighted by Gasteiger charge is 2.27. The highest BCUT2D eigenvalue weighted by molar-refractivity contribution is 5.70. The number of alkyl carbamates (subject to hydrolysis) is 1. The first-order chi connectivity index (χ1) is 13.3. The molecule has 0 bridgehead atoms. The van der Waals surface area contributed by atoms with Crippen molar-refractivity contribution in [3.63, 3.8) is 0 Å². The Morgan fingerprint density at radius 2 is 2.00 bits per heavy atom. The molecular weight excluding hydrogens is 354 g/mol. The van der Waals surface area contributed by atoms with Gasteiger partial charge in [0.2, 0.25) is 5.95 Å². The van der Waals surface area contributed by atoms with Gasteiger partial charge in [0, 0.05) is 19.2 Å². The summed E-state index contributed by atoms with van der Waals surface area (Å²) in [5, 5.41) is 2.92. The van der Waals surface area contributed by atoms with Crippen LogP contribution < -0.4 is 16.0 Å². The van der Waals surface area contributed by atoms with Crippen molar-refractivity contribution in [2.75, 3.05) is 23.7 Å². The first kappa shape index (κ1) is 19.7. The predicted molar refractivity (Wildman–Crippen MR) is 112 cm³/mol. The third-order valence-corrected chi connectivity index (χ3v) is 4.23. The summed E-state index contributed by atoms with van der Waals surface area (Å²) in [5.41, 5.74) is 7.23. The molecule has 1 amide bonds. The number of hydrogen-bond donors (Lipinski definition) is 2. The molecule has 3 rings (SSSR count). The second kappa shape index (κ2) is 8.29. The molecule has 1 fully saturated rings. The Kier molecular flexibility index (Phi) is 5.82. The Hall–Kier alpha value is -3.09. The van der Waals surface area contributed by atoms with Crippen LogP contribution >= 0.6 is 0 Å². The fourth-order valence-electron chi connectivity index (χ4n) is 3.02. The van der Waals surface area contributed by atoms with E-state index in [0.29, 0.717) is 6.54 Å². The molecule has 2 aromatic rings. The van der Waals surface area contributed by atoms with Crippen LogP contribution in [0.4, 0.5) is 16.6 Å². The van der Waals surface area contributed by atoms with Gasteiger partial charge in [-0.1, -0.05) is 36.4 Å². The van der Waals surface area contributed by atoms with Gasteiger partial charge in [0.25, 0.3) is 0 Å². The lowest BCUT2D eigenvalue weighted by Gasteiger charge is -2.22. The van der Waals surface area contributed by atoms with Gasteiger partial charge in [-0.15, -0.1) is 0 Å². The normalized spacial score (nSPS) is 17.1. The SMILES string of the molecule is CC(C)(C)OC(=O)NC1CCN(c2cc(C=Cc3ccccc3)nc(N)n2)C1. The maximum atomic E-state index is 12.0. The highest BCUT2D eigenvalue weighted by Crippen LogP contribution is 2.21. The van der Waals surface area contributed by atoms with Crippen molar-refractivity contribution in [1.29, 1.82) is 0 Å². The number of aromatic nitrogens is 2. The molecule has 1 aromatic heterocycles. The monoisotopic (exact) mass is 381 g/mol. The Balaban J connectivity index is 1.65. The molecule has 1 aliphatic rings. The maximum absolute atomic E-state index is 12.0. The van der Waals surface area contributed by atoms with Crippen molar-refractivity contribution in [2.24, 2.45) is 0 Å². The summed E-state index contributed by atoms with van der Waals surface area (Å²) < 4.78 is 5.33. The van der Waals surface area contributed by atoms with Crippen LogP contribution in [0.1, 0.15) is 38.4 Å². The van der Waals surface area contributed by atoms with Crippen LogP contribution in [-0.4, -0.2) is 40.8 Å². The maximum Gasteiger partial charge on any atom is 0.407 e. The van der Waals surface area contributed by atoms with E-state index in [0.717, 1.165) is 30.0 Å². The van der Waals surface area contributed by atoms with Gasteiger partial charge >= 0.3 is 6.09 Å². The van der Waals surface area contributed by atoms with E-state index in [-0.39, 0.29) is 12.0 Å². The van der Waals surface area contributed by atoms with E-state index >= 15 is 0 Å². The lowest BCUT2D eigenvalue weighted by atomic mass is 10.2. The van der Waals surface area contributed by atoms with Gasteiger partial charge in [0.15, 0.2) is 0 Å². The van der Waals surface area contributed by atoms with E-state index in [9.17, 15) is 4.79 Å². The summed E-state index contributed by atoms with van der Waals surface area (Å²) in [5.74, 6) is 0.988. The summed E-state index contributed by atoms with van der Waals surface area (Å²) in [6, 6.07) is 11.9. The number of carbonyl (C=O) groups excluding carboxylic acids is 1. The molecular formula is C21H27N5O2. The minimum Gasteiger partial charge on any atom is -0.444 e. The average molecular weight is 381 g/mol. The van der Waals surface area contributed by atoms with E-state index in [1.165, 1.54) is 0 Å². The first-order valence-electron chi connectivity index (χ1n) is 9.41. The van der Waals surface area contributed by atoms with E-state index in [4.69, 9.17) is 10.5 Å². The molecule has 7 nitrogen and oxygen atoms in total. The number of nitrogens with two attached hydrogens (primary N) is 1. The molecule has 0 radical (unpaired) electrons. The van der Waals surface area contributed by atoms with E-state index in [1.807, 2.05) is 69.3 Å². The summed E-state index contributed by atoms with van der Waals surface area (Å²) in [7, 11) is 0. The zero-order chi connectivity index (χ0) is 20.1. The molecule has 0 spiro atoms. The Labute approximate surface area is 165 Å². The number of amides is 1. The number of nitrogen functional groups attached to an aromatic ring is 1. The molecule has 28 heavy (non-hydrogen) atoms. The van der Waals surface area contributed by atoms with Crippen molar-refractivity contribution in [3.8, 4) is 0 Å². The van der Waals surface area contributed by atoms with Crippen LogP contribution in [0.5, 0.6) is 0 Å². The van der Waals surface area contributed by atoms with Gasteiger partial charge in [-0.25, -0.2) is 9.78 Å². The van der Waals surface area contributed by atoms with Gasteiger partial charge < -0.3 is 20.7 Å². The van der Waals surface area contributed by atoms with Gasteiger partial charge in [0.1, 0.15) is 11.4 Å². The third kappa shape index (κ3) is 5.70. The molecule has 0 saturated carbocycles. The van der Waals surface area contributed by atoms with Gasteiger partial charge in [-0.2, -0.15) is 4.98 Å². The smallest absolute Gasteiger partial charge is 0.407 e. The standard InChI is InChI=1S/C21H27N5O2/c1-21(2,3)28-20(27)24-17-11-12-26(14-17)18-13-16(23-19(22)25-18)10-9-15-7-5-4-6-8-15/h4-10,13,17H,11-12,14H2,1-3H3,(H,24,27)(H2,22,23,25). The second-order valence-corrected chi connectivity index (χ2v) is 7.83. The summed E-state index contributed by atoms with van der Waals surface area (Å²) in [6.07, 6.45) is 4.33. The van der Waals surface area contributed by atoms with Crippen LogP contribution in [0, 0.1) is 0 Å². The van der Waals surface area contributed by atoms with Crippen LogP contribution in [0.3, 0.4) is 0 Å².